The van der Waals surface area contributed by atoms with Crippen molar-refractivity contribution in [3.05, 3.63) is 23.8 Å². The number of halogens is 2. The fourth-order valence-electron chi connectivity index (χ4n) is 2.99. The third-order valence-corrected chi connectivity index (χ3v) is 4.30. The highest BCUT2D eigenvalue weighted by Crippen LogP contribution is 2.40. The summed E-state index contributed by atoms with van der Waals surface area (Å²) in [5.41, 5.74) is 0.987. The summed E-state index contributed by atoms with van der Waals surface area (Å²) in [6, 6.07) is 6.05. The first kappa shape index (κ1) is 21.3. The molecule has 1 fully saturated rings. The summed E-state index contributed by atoms with van der Waals surface area (Å²) in [5.74, 6) is 1.34. The lowest BCUT2D eigenvalue weighted by atomic mass is 9.89. The van der Waals surface area contributed by atoms with Crippen LogP contribution < -0.4 is 10.1 Å². The van der Waals surface area contributed by atoms with E-state index in [1.807, 2.05) is 18.2 Å². The number of nitrogens with zero attached hydrogens (tertiary/aromatic N) is 1. The van der Waals surface area contributed by atoms with Gasteiger partial charge in [0, 0.05) is 37.8 Å². The number of aromatic hydroxyl groups is 1. The first-order valence-corrected chi connectivity index (χ1v) is 7.49. The molecular formula is C16H28Cl2N2O2. The number of methoxy groups -OCH3 is 1. The summed E-state index contributed by atoms with van der Waals surface area (Å²) >= 11 is 0. The van der Waals surface area contributed by atoms with Gasteiger partial charge in [0.1, 0.15) is 0 Å². The molecule has 1 saturated heterocycles. The average Bonchev–Trinajstić information content (AvgIpc) is 2.50. The van der Waals surface area contributed by atoms with Crippen LogP contribution in [0.3, 0.4) is 0 Å². The number of piperazine rings is 1. The molecule has 1 aliphatic rings. The lowest BCUT2D eigenvalue weighted by molar-refractivity contribution is 0.126. The first-order valence-electron chi connectivity index (χ1n) is 7.49. The van der Waals surface area contributed by atoms with Crippen LogP contribution in [0.4, 0.5) is 0 Å². The number of hydrogen-bond donors (Lipinski definition) is 2. The van der Waals surface area contributed by atoms with Gasteiger partial charge in [0.25, 0.3) is 0 Å². The van der Waals surface area contributed by atoms with Crippen LogP contribution in [0.2, 0.25) is 0 Å². The molecule has 4 nitrogen and oxygen atoms in total. The van der Waals surface area contributed by atoms with E-state index in [2.05, 4.69) is 24.1 Å². The van der Waals surface area contributed by atoms with E-state index in [-0.39, 0.29) is 30.9 Å². The van der Waals surface area contributed by atoms with Crippen LogP contribution in [0.25, 0.3) is 0 Å². The highest BCUT2D eigenvalue weighted by Gasteiger charge is 2.29. The molecule has 0 aromatic heterocycles. The van der Waals surface area contributed by atoms with Gasteiger partial charge >= 0.3 is 0 Å². The van der Waals surface area contributed by atoms with Gasteiger partial charge in [-0.1, -0.05) is 32.4 Å². The van der Waals surface area contributed by atoms with Crippen LogP contribution in [0.5, 0.6) is 11.5 Å². The lowest BCUT2D eigenvalue weighted by Gasteiger charge is -2.38. The third-order valence-electron chi connectivity index (χ3n) is 4.30. The fraction of sp³-hybridized carbons (Fsp3) is 0.625. The van der Waals surface area contributed by atoms with E-state index < -0.39 is 0 Å². The van der Waals surface area contributed by atoms with Crippen LogP contribution in [0, 0.1) is 5.92 Å². The summed E-state index contributed by atoms with van der Waals surface area (Å²) in [6.07, 6.45) is 1.09. The van der Waals surface area contributed by atoms with E-state index in [0.29, 0.717) is 17.4 Å². The van der Waals surface area contributed by atoms with E-state index in [0.717, 1.165) is 38.2 Å². The van der Waals surface area contributed by atoms with Crippen molar-refractivity contribution in [2.24, 2.45) is 5.92 Å². The largest absolute Gasteiger partial charge is 0.504 e. The zero-order chi connectivity index (χ0) is 14.5. The summed E-state index contributed by atoms with van der Waals surface area (Å²) in [4.78, 5) is 2.47. The number of phenols is 1. The maximum absolute atomic E-state index is 10.5. The molecule has 2 N–H and O–H groups in total. The van der Waals surface area contributed by atoms with E-state index in [9.17, 15) is 5.11 Å². The Balaban J connectivity index is 0.00000220. The average molecular weight is 351 g/mol. The van der Waals surface area contributed by atoms with Crippen molar-refractivity contribution in [3.63, 3.8) is 0 Å². The standard InChI is InChI=1S/C16H26N2O2.2ClH/c1-4-12(2)15(18-10-8-17-9-11-18)13-6-5-7-14(20-3)16(13)19;;/h5-7,12,15,17,19H,4,8-11H2,1-3H3;2*1H/t12?,15-;;/m0../s1. The first-order chi connectivity index (χ1) is 9.69. The van der Waals surface area contributed by atoms with Gasteiger partial charge < -0.3 is 15.2 Å². The molecule has 128 valence electrons. The highest BCUT2D eigenvalue weighted by atomic mass is 35.5. The van der Waals surface area contributed by atoms with Crippen molar-refractivity contribution >= 4 is 24.8 Å². The molecule has 0 spiro atoms. The molecule has 1 aromatic carbocycles. The van der Waals surface area contributed by atoms with E-state index in [1.54, 1.807) is 7.11 Å². The normalized spacial score (nSPS) is 17.8. The Morgan fingerprint density at radius 1 is 1.27 bits per heavy atom. The Bertz CT molecular complexity index is 440. The van der Waals surface area contributed by atoms with Gasteiger partial charge in [-0.15, -0.1) is 24.8 Å². The molecule has 2 atom stereocenters. The number of benzene rings is 1. The Hall–Kier alpha value is -0.680. The molecule has 1 heterocycles. The highest BCUT2D eigenvalue weighted by molar-refractivity contribution is 5.85. The second-order valence-electron chi connectivity index (χ2n) is 5.51. The summed E-state index contributed by atoms with van der Waals surface area (Å²) in [7, 11) is 1.60. The van der Waals surface area contributed by atoms with Crippen LogP contribution >= 0.6 is 24.8 Å². The molecule has 0 bridgehead atoms. The molecule has 22 heavy (non-hydrogen) atoms. The topological polar surface area (TPSA) is 44.7 Å². The molecule has 6 heteroatoms. The third kappa shape index (κ3) is 4.66. The van der Waals surface area contributed by atoms with Gasteiger partial charge in [-0.05, 0) is 12.0 Å². The van der Waals surface area contributed by atoms with Crippen LogP contribution in [-0.4, -0.2) is 43.3 Å². The van der Waals surface area contributed by atoms with E-state index in [4.69, 9.17) is 4.74 Å². The summed E-state index contributed by atoms with van der Waals surface area (Å²) in [5, 5.41) is 13.9. The second-order valence-corrected chi connectivity index (χ2v) is 5.51. The van der Waals surface area contributed by atoms with Crippen molar-refractivity contribution in [1.82, 2.24) is 10.2 Å². The van der Waals surface area contributed by atoms with Gasteiger partial charge in [0.2, 0.25) is 0 Å². The Morgan fingerprint density at radius 2 is 1.91 bits per heavy atom. The van der Waals surface area contributed by atoms with Crippen LogP contribution in [0.15, 0.2) is 18.2 Å². The van der Waals surface area contributed by atoms with Crippen molar-refractivity contribution in [3.8, 4) is 11.5 Å². The summed E-state index contributed by atoms with van der Waals surface area (Å²) in [6.45, 7) is 8.52. The predicted octanol–water partition coefficient (Wildman–Crippen LogP) is 3.24. The Labute approximate surface area is 146 Å². The Morgan fingerprint density at radius 3 is 2.45 bits per heavy atom. The molecule has 0 aliphatic carbocycles. The number of para-hydroxylation sites is 1. The molecule has 0 amide bonds. The second kappa shape index (κ2) is 10.2. The molecular weight excluding hydrogens is 323 g/mol. The van der Waals surface area contributed by atoms with Crippen molar-refractivity contribution in [2.75, 3.05) is 33.3 Å². The van der Waals surface area contributed by atoms with Crippen molar-refractivity contribution < 1.29 is 9.84 Å². The molecule has 1 aliphatic heterocycles. The lowest BCUT2D eigenvalue weighted by Crippen LogP contribution is -2.46. The molecule has 1 aromatic rings. The monoisotopic (exact) mass is 350 g/mol. The van der Waals surface area contributed by atoms with E-state index in [1.165, 1.54) is 0 Å². The van der Waals surface area contributed by atoms with Gasteiger partial charge in [-0.2, -0.15) is 0 Å². The number of ether oxygens (including phenoxy) is 1. The minimum atomic E-state index is 0. The van der Waals surface area contributed by atoms with Crippen molar-refractivity contribution in [2.45, 2.75) is 26.3 Å². The van der Waals surface area contributed by atoms with Crippen LogP contribution in [0.1, 0.15) is 31.9 Å². The van der Waals surface area contributed by atoms with Crippen LogP contribution in [-0.2, 0) is 0 Å². The minimum Gasteiger partial charge on any atom is -0.504 e. The fourth-order valence-corrected chi connectivity index (χ4v) is 2.99. The number of phenolic OH excluding ortho intramolecular Hbond substituents is 1. The van der Waals surface area contributed by atoms with Crippen molar-refractivity contribution in [1.29, 1.82) is 0 Å². The quantitative estimate of drug-likeness (QED) is 0.855. The maximum atomic E-state index is 10.5. The number of nitrogens with one attached hydrogen (secondary N) is 1. The minimum absolute atomic E-state index is 0. The Kier molecular flexibility index (Phi) is 9.85. The zero-order valence-corrected chi connectivity index (χ0v) is 15.2. The maximum Gasteiger partial charge on any atom is 0.162 e. The summed E-state index contributed by atoms with van der Waals surface area (Å²) < 4.78 is 5.26. The number of rotatable bonds is 5. The molecule has 2 rings (SSSR count). The predicted molar refractivity (Wildman–Crippen MR) is 95.8 cm³/mol. The van der Waals surface area contributed by atoms with E-state index >= 15 is 0 Å². The SMILES string of the molecule is CCC(C)[C@@H](c1cccc(OC)c1O)N1CCNCC1.Cl.Cl. The van der Waals surface area contributed by atoms with Gasteiger partial charge in [0.15, 0.2) is 11.5 Å². The van der Waals surface area contributed by atoms with Gasteiger partial charge in [-0.25, -0.2) is 0 Å². The molecule has 0 saturated carbocycles. The molecule has 1 unspecified atom stereocenters. The smallest absolute Gasteiger partial charge is 0.162 e. The van der Waals surface area contributed by atoms with Gasteiger partial charge in [0.05, 0.1) is 7.11 Å². The van der Waals surface area contributed by atoms with Gasteiger partial charge in [-0.3, -0.25) is 4.90 Å². The molecule has 0 radical (unpaired) electrons. The number of hydrogen-bond acceptors (Lipinski definition) is 4. The zero-order valence-electron chi connectivity index (χ0n) is 13.5.